The molecule has 1 aromatic heterocycles. The number of hydrogen-bond donors (Lipinski definition) is 3. The summed E-state index contributed by atoms with van der Waals surface area (Å²) < 4.78 is 14.9. The van der Waals surface area contributed by atoms with Crippen molar-refractivity contribution in [3.63, 3.8) is 0 Å². The van der Waals surface area contributed by atoms with Crippen LogP contribution in [0.15, 0.2) is 30.5 Å². The van der Waals surface area contributed by atoms with Gasteiger partial charge in [-0.2, -0.15) is 5.10 Å². The summed E-state index contributed by atoms with van der Waals surface area (Å²) in [7, 11) is 0. The minimum atomic E-state index is -0.761. The van der Waals surface area contributed by atoms with Crippen molar-refractivity contribution in [2.45, 2.75) is 19.9 Å². The second-order valence-corrected chi connectivity index (χ2v) is 5.08. The van der Waals surface area contributed by atoms with E-state index in [2.05, 4.69) is 15.7 Å². The molecule has 2 aromatic rings. The maximum atomic E-state index is 13.3. The van der Waals surface area contributed by atoms with Crippen molar-refractivity contribution in [3.05, 3.63) is 47.5 Å². The smallest absolute Gasteiger partial charge is 0.312 e. The summed E-state index contributed by atoms with van der Waals surface area (Å²) in [5, 5.41) is 9.19. The molecule has 4 N–H and O–H groups in total. The highest BCUT2D eigenvalue weighted by atomic mass is 19.1. The van der Waals surface area contributed by atoms with E-state index in [0.717, 1.165) is 11.3 Å². The molecule has 23 heavy (non-hydrogen) atoms. The number of nitrogens with two attached hydrogens (primary N) is 1. The SMILES string of the molecule is Cc1c([C@@H](C)NC(=O)CNC(N)=O)cnn1-c1cccc(F)c1. The first-order valence-electron chi connectivity index (χ1n) is 7.01. The summed E-state index contributed by atoms with van der Waals surface area (Å²) in [5.74, 6) is -0.716. The van der Waals surface area contributed by atoms with E-state index in [1.165, 1.54) is 12.1 Å². The van der Waals surface area contributed by atoms with Crippen LogP contribution in [0.2, 0.25) is 0 Å². The number of benzene rings is 1. The van der Waals surface area contributed by atoms with Gasteiger partial charge in [-0.05, 0) is 32.0 Å². The second kappa shape index (κ2) is 6.91. The molecule has 0 bridgehead atoms. The number of rotatable bonds is 5. The maximum absolute atomic E-state index is 13.3. The Hall–Kier alpha value is -2.90. The van der Waals surface area contributed by atoms with Crippen molar-refractivity contribution in [1.82, 2.24) is 20.4 Å². The number of primary amides is 1. The van der Waals surface area contributed by atoms with E-state index in [-0.39, 0.29) is 24.3 Å². The summed E-state index contributed by atoms with van der Waals surface area (Å²) >= 11 is 0. The van der Waals surface area contributed by atoms with Crippen LogP contribution in [0.25, 0.3) is 5.69 Å². The highest BCUT2D eigenvalue weighted by molar-refractivity contribution is 5.83. The van der Waals surface area contributed by atoms with Crippen LogP contribution in [0.1, 0.15) is 24.2 Å². The highest BCUT2D eigenvalue weighted by Crippen LogP contribution is 2.20. The molecule has 0 aliphatic rings. The van der Waals surface area contributed by atoms with E-state index in [0.29, 0.717) is 5.69 Å². The molecule has 0 aliphatic carbocycles. The van der Waals surface area contributed by atoms with Gasteiger partial charge >= 0.3 is 6.03 Å². The molecule has 0 unspecified atom stereocenters. The standard InChI is InChI=1S/C15H18FN5O2/c1-9(20-14(22)8-18-15(17)23)13-7-19-21(10(13)2)12-5-3-4-11(16)6-12/h3-7,9H,8H2,1-2H3,(H,20,22)(H3,17,18,23)/t9-/m1/s1. The predicted molar refractivity (Wildman–Crippen MR) is 82.4 cm³/mol. The fraction of sp³-hybridized carbons (Fsp3) is 0.267. The summed E-state index contributed by atoms with van der Waals surface area (Å²) in [6.45, 7) is 3.43. The third-order valence-corrected chi connectivity index (χ3v) is 3.37. The minimum Gasteiger partial charge on any atom is -0.352 e. The van der Waals surface area contributed by atoms with E-state index in [9.17, 15) is 14.0 Å². The first kappa shape index (κ1) is 16.5. The Morgan fingerprint density at radius 3 is 2.83 bits per heavy atom. The molecular formula is C15H18FN5O2. The van der Waals surface area contributed by atoms with Gasteiger partial charge in [0.25, 0.3) is 0 Å². The van der Waals surface area contributed by atoms with E-state index < -0.39 is 6.03 Å². The summed E-state index contributed by atoms with van der Waals surface area (Å²) in [6, 6.07) is 5.00. The van der Waals surface area contributed by atoms with Crippen LogP contribution in [0, 0.1) is 12.7 Å². The fourth-order valence-electron chi connectivity index (χ4n) is 2.25. The molecule has 2 rings (SSSR count). The van der Waals surface area contributed by atoms with Crippen molar-refractivity contribution in [2.75, 3.05) is 6.54 Å². The normalized spacial score (nSPS) is 11.8. The number of nitrogens with zero attached hydrogens (tertiary/aromatic N) is 2. The summed E-state index contributed by atoms with van der Waals surface area (Å²) in [4.78, 5) is 22.3. The van der Waals surface area contributed by atoms with E-state index in [1.54, 1.807) is 29.9 Å². The minimum absolute atomic E-state index is 0.198. The monoisotopic (exact) mass is 319 g/mol. The third kappa shape index (κ3) is 4.06. The summed E-state index contributed by atoms with van der Waals surface area (Å²) in [6.07, 6.45) is 1.62. The van der Waals surface area contributed by atoms with Crippen LogP contribution in [0.3, 0.4) is 0 Å². The highest BCUT2D eigenvalue weighted by Gasteiger charge is 2.16. The van der Waals surface area contributed by atoms with E-state index >= 15 is 0 Å². The Kier molecular flexibility index (Phi) is 4.95. The molecular weight excluding hydrogens is 301 g/mol. The van der Waals surface area contributed by atoms with Crippen LogP contribution in [-0.4, -0.2) is 28.3 Å². The lowest BCUT2D eigenvalue weighted by Gasteiger charge is -2.14. The Labute approximate surface area is 132 Å². The van der Waals surface area contributed by atoms with E-state index in [4.69, 9.17) is 5.73 Å². The molecule has 1 aromatic carbocycles. The summed E-state index contributed by atoms with van der Waals surface area (Å²) in [5.41, 5.74) is 7.09. The van der Waals surface area contributed by atoms with E-state index in [1.807, 2.05) is 6.92 Å². The first-order valence-corrected chi connectivity index (χ1v) is 7.01. The Morgan fingerprint density at radius 1 is 1.43 bits per heavy atom. The largest absolute Gasteiger partial charge is 0.352 e. The molecule has 0 aliphatic heterocycles. The Balaban J connectivity index is 2.12. The van der Waals surface area contributed by atoms with Crippen molar-refractivity contribution in [2.24, 2.45) is 5.73 Å². The van der Waals surface area contributed by atoms with Crippen molar-refractivity contribution < 1.29 is 14.0 Å². The quantitative estimate of drug-likeness (QED) is 0.770. The number of carbonyl (C=O) groups excluding carboxylic acids is 2. The van der Waals surface area contributed by atoms with Crippen LogP contribution in [-0.2, 0) is 4.79 Å². The Morgan fingerprint density at radius 2 is 2.17 bits per heavy atom. The molecule has 0 saturated heterocycles. The van der Waals surface area contributed by atoms with Crippen molar-refractivity contribution in [3.8, 4) is 5.69 Å². The fourth-order valence-corrected chi connectivity index (χ4v) is 2.25. The number of aromatic nitrogens is 2. The van der Waals surface area contributed by atoms with Crippen molar-refractivity contribution >= 4 is 11.9 Å². The van der Waals surface area contributed by atoms with Crippen LogP contribution in [0.5, 0.6) is 0 Å². The average Bonchev–Trinajstić information content (AvgIpc) is 2.87. The lowest BCUT2D eigenvalue weighted by atomic mass is 10.1. The van der Waals surface area contributed by atoms with Gasteiger partial charge in [-0.15, -0.1) is 0 Å². The van der Waals surface area contributed by atoms with Crippen LogP contribution >= 0.6 is 0 Å². The van der Waals surface area contributed by atoms with Gasteiger partial charge in [-0.1, -0.05) is 6.07 Å². The van der Waals surface area contributed by atoms with Gasteiger partial charge in [0.2, 0.25) is 5.91 Å². The number of amides is 3. The molecule has 7 nitrogen and oxygen atoms in total. The van der Waals surface area contributed by atoms with Gasteiger partial charge in [-0.3, -0.25) is 4.79 Å². The van der Waals surface area contributed by atoms with Gasteiger partial charge in [0.1, 0.15) is 5.82 Å². The third-order valence-electron chi connectivity index (χ3n) is 3.37. The number of hydrogen-bond acceptors (Lipinski definition) is 3. The molecule has 0 radical (unpaired) electrons. The molecule has 0 spiro atoms. The molecule has 122 valence electrons. The second-order valence-electron chi connectivity index (χ2n) is 5.08. The molecule has 1 atom stereocenters. The molecule has 1 heterocycles. The van der Waals surface area contributed by atoms with Gasteiger partial charge in [0.15, 0.2) is 0 Å². The van der Waals surface area contributed by atoms with Gasteiger partial charge in [0.05, 0.1) is 24.5 Å². The molecule has 3 amide bonds. The number of halogens is 1. The number of urea groups is 1. The molecule has 0 saturated carbocycles. The van der Waals surface area contributed by atoms with Gasteiger partial charge in [-0.25, -0.2) is 13.9 Å². The number of carbonyl (C=O) groups is 2. The number of nitrogens with one attached hydrogen (secondary N) is 2. The maximum Gasteiger partial charge on any atom is 0.312 e. The lowest BCUT2D eigenvalue weighted by Crippen LogP contribution is -2.40. The van der Waals surface area contributed by atoms with Crippen LogP contribution < -0.4 is 16.4 Å². The average molecular weight is 319 g/mol. The molecule has 8 heteroatoms. The van der Waals surface area contributed by atoms with Crippen LogP contribution in [0.4, 0.5) is 9.18 Å². The Bertz CT molecular complexity index is 728. The lowest BCUT2D eigenvalue weighted by molar-refractivity contribution is -0.120. The zero-order valence-electron chi connectivity index (χ0n) is 12.8. The topological polar surface area (TPSA) is 102 Å². The van der Waals surface area contributed by atoms with Gasteiger partial charge in [0, 0.05) is 11.3 Å². The first-order chi connectivity index (χ1) is 10.9. The van der Waals surface area contributed by atoms with Crippen molar-refractivity contribution in [1.29, 1.82) is 0 Å². The predicted octanol–water partition coefficient (Wildman–Crippen LogP) is 1.17. The zero-order chi connectivity index (χ0) is 17.0. The zero-order valence-corrected chi connectivity index (χ0v) is 12.8. The van der Waals surface area contributed by atoms with Gasteiger partial charge < -0.3 is 16.4 Å². The molecule has 0 fully saturated rings.